The number of ketones is 1. The van der Waals surface area contributed by atoms with E-state index in [9.17, 15) is 9.59 Å². The number of carbonyl (C=O) groups excluding carboxylic acids is 2. The zero-order valence-electron chi connectivity index (χ0n) is 9.06. The van der Waals surface area contributed by atoms with Crippen LogP contribution >= 0.6 is 0 Å². The maximum absolute atomic E-state index is 11.8. The maximum Gasteiger partial charge on any atom is 0.316 e. The van der Waals surface area contributed by atoms with E-state index in [1.54, 1.807) is 26.2 Å². The summed E-state index contributed by atoms with van der Waals surface area (Å²) in [6, 6.07) is 1.59. The van der Waals surface area contributed by atoms with Gasteiger partial charge in [0.1, 0.15) is 11.6 Å². The summed E-state index contributed by atoms with van der Waals surface area (Å²) >= 11 is 0. The second-order valence-electron chi connectivity index (χ2n) is 3.22. The first-order chi connectivity index (χ1) is 7.10. The van der Waals surface area contributed by atoms with Crippen molar-refractivity contribution >= 4 is 11.8 Å². The van der Waals surface area contributed by atoms with Crippen molar-refractivity contribution < 1.29 is 14.3 Å². The van der Waals surface area contributed by atoms with Crippen LogP contribution in [0.5, 0.6) is 0 Å². The third-order valence-electron chi connectivity index (χ3n) is 2.18. The van der Waals surface area contributed by atoms with Crippen molar-refractivity contribution in [2.24, 2.45) is 13.0 Å². The van der Waals surface area contributed by atoms with Gasteiger partial charge in [0.2, 0.25) is 0 Å². The minimum Gasteiger partial charge on any atom is -0.468 e. The molecular weight excluding hydrogens is 196 g/mol. The SMILES string of the molecule is CCC(C(=O)OC)C(=O)c1ccn(C)n1. The highest BCUT2D eigenvalue weighted by Crippen LogP contribution is 2.12. The van der Waals surface area contributed by atoms with Gasteiger partial charge in [0, 0.05) is 13.2 Å². The highest BCUT2D eigenvalue weighted by molar-refractivity contribution is 6.07. The second kappa shape index (κ2) is 4.72. The monoisotopic (exact) mass is 210 g/mol. The number of carbonyl (C=O) groups is 2. The molecule has 0 bridgehead atoms. The number of Topliss-reactive ketones (excluding diaryl/α,β-unsaturated/α-hetero) is 1. The fourth-order valence-corrected chi connectivity index (χ4v) is 1.33. The van der Waals surface area contributed by atoms with Gasteiger partial charge in [-0.1, -0.05) is 6.92 Å². The third-order valence-corrected chi connectivity index (χ3v) is 2.18. The number of hydrogen-bond donors (Lipinski definition) is 0. The molecule has 5 heteroatoms. The van der Waals surface area contributed by atoms with Gasteiger partial charge in [-0.15, -0.1) is 0 Å². The molecule has 0 fully saturated rings. The van der Waals surface area contributed by atoms with Gasteiger partial charge in [-0.3, -0.25) is 14.3 Å². The van der Waals surface area contributed by atoms with Crippen molar-refractivity contribution in [1.29, 1.82) is 0 Å². The molecule has 0 aliphatic heterocycles. The Bertz CT molecular complexity index is 370. The van der Waals surface area contributed by atoms with Crippen LogP contribution in [0.2, 0.25) is 0 Å². The average Bonchev–Trinajstić information content (AvgIpc) is 2.65. The quantitative estimate of drug-likeness (QED) is 0.419. The average molecular weight is 210 g/mol. The van der Waals surface area contributed by atoms with Crippen molar-refractivity contribution in [3.05, 3.63) is 18.0 Å². The van der Waals surface area contributed by atoms with Crippen LogP contribution in [0, 0.1) is 5.92 Å². The van der Waals surface area contributed by atoms with E-state index in [0.717, 1.165) is 0 Å². The molecule has 0 aliphatic rings. The van der Waals surface area contributed by atoms with E-state index in [4.69, 9.17) is 0 Å². The number of aromatic nitrogens is 2. The van der Waals surface area contributed by atoms with Crippen LogP contribution in [0.4, 0.5) is 0 Å². The molecule has 1 aromatic heterocycles. The molecule has 0 saturated carbocycles. The normalized spacial score (nSPS) is 12.2. The standard InChI is InChI=1S/C10H14N2O3/c1-4-7(10(14)15-3)9(13)8-5-6-12(2)11-8/h5-7H,4H2,1-3H3. The largest absolute Gasteiger partial charge is 0.468 e. The Kier molecular flexibility index (Phi) is 3.60. The van der Waals surface area contributed by atoms with Crippen molar-refractivity contribution in [2.75, 3.05) is 7.11 Å². The summed E-state index contributed by atoms with van der Waals surface area (Å²) in [5.41, 5.74) is 0.301. The Morgan fingerprint density at radius 3 is 2.67 bits per heavy atom. The number of methoxy groups -OCH3 is 1. The number of esters is 1. The lowest BCUT2D eigenvalue weighted by Crippen LogP contribution is -2.25. The highest BCUT2D eigenvalue weighted by Gasteiger charge is 2.27. The van der Waals surface area contributed by atoms with Crippen LogP contribution < -0.4 is 0 Å². The maximum atomic E-state index is 11.8. The van der Waals surface area contributed by atoms with Crippen molar-refractivity contribution in [3.63, 3.8) is 0 Å². The number of aryl methyl sites for hydroxylation is 1. The molecule has 1 atom stereocenters. The first-order valence-electron chi connectivity index (χ1n) is 4.71. The van der Waals surface area contributed by atoms with Crippen LogP contribution in [-0.4, -0.2) is 28.6 Å². The molecule has 0 N–H and O–H groups in total. The Morgan fingerprint density at radius 1 is 1.60 bits per heavy atom. The van der Waals surface area contributed by atoms with E-state index < -0.39 is 11.9 Å². The minimum atomic E-state index is -0.745. The molecule has 0 aromatic carbocycles. The first kappa shape index (κ1) is 11.4. The topological polar surface area (TPSA) is 61.2 Å². The molecular formula is C10H14N2O3. The molecule has 5 nitrogen and oxygen atoms in total. The number of ether oxygens (including phenoxy) is 1. The fraction of sp³-hybridized carbons (Fsp3) is 0.500. The highest BCUT2D eigenvalue weighted by atomic mass is 16.5. The molecule has 0 spiro atoms. The molecule has 0 amide bonds. The van der Waals surface area contributed by atoms with Crippen LogP contribution in [0.3, 0.4) is 0 Å². The van der Waals surface area contributed by atoms with Crippen LogP contribution in [0.1, 0.15) is 23.8 Å². The Morgan fingerprint density at radius 2 is 2.27 bits per heavy atom. The van der Waals surface area contributed by atoms with Gasteiger partial charge < -0.3 is 4.74 Å². The zero-order valence-corrected chi connectivity index (χ0v) is 9.06. The lowest BCUT2D eigenvalue weighted by molar-refractivity contribution is -0.143. The summed E-state index contributed by atoms with van der Waals surface area (Å²) in [6.07, 6.45) is 2.08. The van der Waals surface area contributed by atoms with Crippen LogP contribution in [0.15, 0.2) is 12.3 Å². The number of rotatable bonds is 4. The zero-order chi connectivity index (χ0) is 11.4. The van der Waals surface area contributed by atoms with Gasteiger partial charge in [-0.25, -0.2) is 0 Å². The Hall–Kier alpha value is -1.65. The molecule has 1 rings (SSSR count). The van der Waals surface area contributed by atoms with Gasteiger partial charge in [-0.2, -0.15) is 5.10 Å². The van der Waals surface area contributed by atoms with Gasteiger partial charge in [0.25, 0.3) is 0 Å². The summed E-state index contributed by atoms with van der Waals surface area (Å²) < 4.78 is 6.08. The smallest absolute Gasteiger partial charge is 0.316 e. The van der Waals surface area contributed by atoms with Crippen LogP contribution in [-0.2, 0) is 16.6 Å². The van der Waals surface area contributed by atoms with Gasteiger partial charge in [0.15, 0.2) is 5.78 Å². The predicted molar refractivity (Wildman–Crippen MR) is 53.3 cm³/mol. The molecule has 0 radical (unpaired) electrons. The molecule has 0 saturated heterocycles. The second-order valence-corrected chi connectivity index (χ2v) is 3.22. The summed E-state index contributed by atoms with van der Waals surface area (Å²) in [4.78, 5) is 23.1. The van der Waals surface area contributed by atoms with Gasteiger partial charge in [0.05, 0.1) is 7.11 Å². The van der Waals surface area contributed by atoms with Crippen LogP contribution in [0.25, 0.3) is 0 Å². The van der Waals surface area contributed by atoms with E-state index in [1.165, 1.54) is 11.8 Å². The Labute approximate surface area is 88.0 Å². The molecule has 1 unspecified atom stereocenters. The third kappa shape index (κ3) is 2.43. The van der Waals surface area contributed by atoms with Crippen molar-refractivity contribution in [3.8, 4) is 0 Å². The molecule has 1 aromatic rings. The molecule has 82 valence electrons. The number of hydrogen-bond acceptors (Lipinski definition) is 4. The van der Waals surface area contributed by atoms with Gasteiger partial charge >= 0.3 is 5.97 Å². The molecule has 1 heterocycles. The summed E-state index contributed by atoms with van der Waals surface area (Å²) in [5.74, 6) is -1.54. The van der Waals surface area contributed by atoms with Crippen molar-refractivity contribution in [2.45, 2.75) is 13.3 Å². The summed E-state index contributed by atoms with van der Waals surface area (Å²) in [6.45, 7) is 1.77. The molecule has 15 heavy (non-hydrogen) atoms. The van der Waals surface area contributed by atoms with Gasteiger partial charge in [-0.05, 0) is 12.5 Å². The lowest BCUT2D eigenvalue weighted by Gasteiger charge is -2.08. The molecule has 0 aliphatic carbocycles. The van der Waals surface area contributed by atoms with E-state index in [2.05, 4.69) is 9.84 Å². The van der Waals surface area contributed by atoms with E-state index in [0.29, 0.717) is 12.1 Å². The summed E-state index contributed by atoms with van der Waals surface area (Å²) in [5, 5.41) is 3.96. The minimum absolute atomic E-state index is 0.287. The summed E-state index contributed by atoms with van der Waals surface area (Å²) in [7, 11) is 2.99. The van der Waals surface area contributed by atoms with E-state index in [-0.39, 0.29) is 5.78 Å². The van der Waals surface area contributed by atoms with Crippen molar-refractivity contribution in [1.82, 2.24) is 9.78 Å². The fourth-order valence-electron chi connectivity index (χ4n) is 1.33. The van der Waals surface area contributed by atoms with E-state index in [1.807, 2.05) is 0 Å². The number of nitrogens with zero attached hydrogens (tertiary/aromatic N) is 2. The first-order valence-corrected chi connectivity index (χ1v) is 4.71. The van der Waals surface area contributed by atoms with E-state index >= 15 is 0 Å². The lowest BCUT2D eigenvalue weighted by atomic mass is 9.99. The Balaban J connectivity index is 2.87. The predicted octanol–water partition coefficient (Wildman–Crippen LogP) is 0.802.